The van der Waals surface area contributed by atoms with Crippen molar-refractivity contribution in [1.82, 2.24) is 20.2 Å². The first kappa shape index (κ1) is 18.1. The van der Waals surface area contributed by atoms with E-state index < -0.39 is 0 Å². The molecule has 2 amide bonds. The van der Waals surface area contributed by atoms with Crippen LogP contribution in [0.2, 0.25) is 0 Å². The largest absolute Gasteiger partial charge is 0.355 e. The molecule has 24 heavy (non-hydrogen) atoms. The van der Waals surface area contributed by atoms with Gasteiger partial charge in [-0.15, -0.1) is 0 Å². The smallest absolute Gasteiger partial charge is 0.225 e. The molecule has 8 heteroatoms. The molecule has 0 saturated carbocycles. The first-order chi connectivity index (χ1) is 11.5. The molecule has 0 spiro atoms. The van der Waals surface area contributed by atoms with Crippen LogP contribution in [-0.2, 0) is 9.59 Å². The molecule has 0 aromatic carbocycles. The molecule has 0 bridgehead atoms. The van der Waals surface area contributed by atoms with Gasteiger partial charge in [0.1, 0.15) is 0 Å². The van der Waals surface area contributed by atoms with Crippen molar-refractivity contribution in [1.29, 1.82) is 0 Å². The van der Waals surface area contributed by atoms with E-state index in [9.17, 15) is 9.59 Å². The van der Waals surface area contributed by atoms with E-state index in [-0.39, 0.29) is 23.8 Å². The molecule has 8 nitrogen and oxygen atoms in total. The van der Waals surface area contributed by atoms with E-state index in [1.807, 2.05) is 4.90 Å². The zero-order valence-corrected chi connectivity index (χ0v) is 14.3. The summed E-state index contributed by atoms with van der Waals surface area (Å²) in [6.07, 6.45) is 3.73. The van der Waals surface area contributed by atoms with Crippen molar-refractivity contribution in [3.63, 3.8) is 0 Å². The Hall–Kier alpha value is -2.22. The van der Waals surface area contributed by atoms with Gasteiger partial charge in [-0.05, 0) is 13.0 Å². The van der Waals surface area contributed by atoms with Crippen LogP contribution in [-0.4, -0.2) is 65.4 Å². The highest BCUT2D eigenvalue weighted by Gasteiger charge is 2.22. The molecule has 1 aromatic rings. The molecular weight excluding hydrogens is 308 g/mol. The number of rotatable bonds is 6. The lowest BCUT2D eigenvalue weighted by molar-refractivity contribution is -0.131. The van der Waals surface area contributed by atoms with E-state index in [1.54, 1.807) is 32.3 Å². The van der Waals surface area contributed by atoms with E-state index in [4.69, 9.17) is 5.73 Å². The quantitative estimate of drug-likeness (QED) is 0.734. The summed E-state index contributed by atoms with van der Waals surface area (Å²) < 4.78 is 0. The number of amides is 2. The van der Waals surface area contributed by atoms with E-state index >= 15 is 0 Å². The van der Waals surface area contributed by atoms with Crippen LogP contribution in [0.5, 0.6) is 0 Å². The molecule has 1 aliphatic rings. The fourth-order valence-electron chi connectivity index (χ4n) is 2.46. The lowest BCUT2D eigenvalue weighted by Gasteiger charge is -2.34. The average molecular weight is 334 g/mol. The Kier molecular flexibility index (Phi) is 6.48. The summed E-state index contributed by atoms with van der Waals surface area (Å²) in [5.41, 5.74) is 5.70. The van der Waals surface area contributed by atoms with E-state index in [0.717, 1.165) is 0 Å². The first-order valence-corrected chi connectivity index (χ1v) is 8.32. The molecule has 2 unspecified atom stereocenters. The molecular formula is C16H26N6O2. The van der Waals surface area contributed by atoms with Crippen molar-refractivity contribution in [3.8, 4) is 0 Å². The van der Waals surface area contributed by atoms with Gasteiger partial charge in [0.15, 0.2) is 0 Å². The minimum atomic E-state index is -0.255. The number of nitrogens with zero attached hydrogens (tertiary/aromatic N) is 4. The second kappa shape index (κ2) is 8.58. The van der Waals surface area contributed by atoms with E-state index in [1.165, 1.54) is 0 Å². The second-order valence-electron chi connectivity index (χ2n) is 6.11. The normalized spacial score (nSPS) is 17.3. The van der Waals surface area contributed by atoms with Gasteiger partial charge in [-0.25, -0.2) is 9.97 Å². The maximum Gasteiger partial charge on any atom is 0.225 e. The Bertz CT molecular complexity index is 543. The Morgan fingerprint density at radius 3 is 2.42 bits per heavy atom. The van der Waals surface area contributed by atoms with Crippen LogP contribution in [0.3, 0.4) is 0 Å². The highest BCUT2D eigenvalue weighted by Crippen LogP contribution is 2.10. The topological polar surface area (TPSA) is 104 Å². The van der Waals surface area contributed by atoms with Crippen LogP contribution in [0.1, 0.15) is 20.3 Å². The highest BCUT2D eigenvalue weighted by molar-refractivity contribution is 5.80. The van der Waals surface area contributed by atoms with Gasteiger partial charge in [0, 0.05) is 63.5 Å². The maximum atomic E-state index is 12.2. The third-order valence-corrected chi connectivity index (χ3v) is 4.31. The van der Waals surface area contributed by atoms with Crippen molar-refractivity contribution in [2.75, 3.05) is 37.6 Å². The Morgan fingerprint density at radius 2 is 1.83 bits per heavy atom. The molecule has 132 valence electrons. The maximum absolute atomic E-state index is 12.2. The number of piperazine rings is 1. The summed E-state index contributed by atoms with van der Waals surface area (Å²) in [6.45, 7) is 6.63. The summed E-state index contributed by atoms with van der Waals surface area (Å²) >= 11 is 0. The number of carbonyl (C=O) groups excluding carboxylic acids is 2. The lowest BCUT2D eigenvalue weighted by Crippen LogP contribution is -2.50. The summed E-state index contributed by atoms with van der Waals surface area (Å²) in [4.78, 5) is 36.4. The van der Waals surface area contributed by atoms with E-state index in [2.05, 4.69) is 20.2 Å². The van der Waals surface area contributed by atoms with Crippen LogP contribution in [0.15, 0.2) is 18.5 Å². The van der Waals surface area contributed by atoms with Crippen LogP contribution >= 0.6 is 0 Å². The number of nitrogens with one attached hydrogen (secondary N) is 1. The third kappa shape index (κ3) is 4.89. The third-order valence-electron chi connectivity index (χ3n) is 4.31. The number of hydrogen-bond acceptors (Lipinski definition) is 6. The van der Waals surface area contributed by atoms with Crippen molar-refractivity contribution in [2.45, 2.75) is 26.3 Å². The van der Waals surface area contributed by atoms with Crippen molar-refractivity contribution in [3.05, 3.63) is 18.5 Å². The summed E-state index contributed by atoms with van der Waals surface area (Å²) in [7, 11) is 0. The van der Waals surface area contributed by atoms with Crippen molar-refractivity contribution in [2.24, 2.45) is 11.7 Å². The molecule has 1 aliphatic heterocycles. The molecule has 0 radical (unpaired) electrons. The van der Waals surface area contributed by atoms with E-state index in [0.29, 0.717) is 45.1 Å². The van der Waals surface area contributed by atoms with Crippen LogP contribution in [0.25, 0.3) is 0 Å². The molecule has 2 heterocycles. The standard InChI is InChI=1S/C16H26N6O2/c1-12(13(2)17)15(24)18-7-4-14(23)21-8-10-22(11-9-21)16-19-5-3-6-20-16/h3,5-6,12-13H,4,7-11,17H2,1-2H3,(H,18,24). The monoisotopic (exact) mass is 334 g/mol. The second-order valence-corrected chi connectivity index (χ2v) is 6.11. The van der Waals surface area contributed by atoms with Gasteiger partial charge < -0.3 is 20.9 Å². The Morgan fingerprint density at radius 1 is 1.21 bits per heavy atom. The molecule has 0 aliphatic carbocycles. The SMILES string of the molecule is CC(N)C(C)C(=O)NCCC(=O)N1CCN(c2ncccn2)CC1. The van der Waals surface area contributed by atoms with Gasteiger partial charge >= 0.3 is 0 Å². The predicted octanol–water partition coefficient (Wildman–Crippen LogP) is -0.385. The van der Waals surface area contributed by atoms with Gasteiger partial charge in [-0.2, -0.15) is 0 Å². The molecule has 1 saturated heterocycles. The van der Waals surface area contributed by atoms with Gasteiger partial charge in [-0.1, -0.05) is 6.92 Å². The summed E-state index contributed by atoms with van der Waals surface area (Å²) in [5.74, 6) is 0.387. The molecule has 1 aromatic heterocycles. The predicted molar refractivity (Wildman–Crippen MR) is 91.3 cm³/mol. The van der Waals surface area contributed by atoms with Crippen molar-refractivity contribution < 1.29 is 9.59 Å². The molecule has 3 N–H and O–H groups in total. The fraction of sp³-hybridized carbons (Fsp3) is 0.625. The fourth-order valence-corrected chi connectivity index (χ4v) is 2.46. The summed E-state index contributed by atoms with van der Waals surface area (Å²) in [6, 6.07) is 1.58. The Balaban J connectivity index is 1.70. The van der Waals surface area contributed by atoms with Gasteiger partial charge in [0.2, 0.25) is 17.8 Å². The van der Waals surface area contributed by atoms with Crippen LogP contribution < -0.4 is 16.0 Å². The summed E-state index contributed by atoms with van der Waals surface area (Å²) in [5, 5.41) is 2.77. The number of hydrogen-bond donors (Lipinski definition) is 2. The minimum absolute atomic E-state index is 0.0531. The zero-order chi connectivity index (χ0) is 17.5. The Labute approximate surface area is 142 Å². The number of aromatic nitrogens is 2. The number of anilines is 1. The minimum Gasteiger partial charge on any atom is -0.355 e. The first-order valence-electron chi connectivity index (χ1n) is 8.32. The molecule has 1 fully saturated rings. The number of nitrogens with two attached hydrogens (primary N) is 1. The molecule has 2 rings (SSSR count). The van der Waals surface area contributed by atoms with Gasteiger partial charge in [0.05, 0.1) is 0 Å². The lowest BCUT2D eigenvalue weighted by atomic mass is 10.0. The van der Waals surface area contributed by atoms with Crippen LogP contribution in [0, 0.1) is 5.92 Å². The van der Waals surface area contributed by atoms with Gasteiger partial charge in [0.25, 0.3) is 0 Å². The zero-order valence-electron chi connectivity index (χ0n) is 14.3. The number of carbonyl (C=O) groups is 2. The highest BCUT2D eigenvalue weighted by atomic mass is 16.2. The molecule has 2 atom stereocenters. The average Bonchev–Trinajstić information content (AvgIpc) is 2.61. The van der Waals surface area contributed by atoms with Crippen LogP contribution in [0.4, 0.5) is 5.95 Å². The van der Waals surface area contributed by atoms with Gasteiger partial charge in [-0.3, -0.25) is 9.59 Å². The van der Waals surface area contributed by atoms with Crippen molar-refractivity contribution >= 4 is 17.8 Å².